The Morgan fingerprint density at radius 1 is 1.24 bits per heavy atom. The van der Waals surface area contributed by atoms with E-state index in [0.717, 1.165) is 10.9 Å². The maximum Gasteiger partial charge on any atom is 0.343 e. The third kappa shape index (κ3) is 3.91. The molecule has 0 heterocycles. The van der Waals surface area contributed by atoms with Crippen LogP contribution in [0.3, 0.4) is 0 Å². The molecule has 4 heteroatoms. The molecule has 0 saturated heterocycles. The topological polar surface area (TPSA) is 26.3 Å². The first-order valence-corrected chi connectivity index (χ1v) is 7.57. The number of carbonyl (C=O) groups excluding carboxylic acids is 1. The number of carbonyl (C=O) groups is 1. The SMILES string of the molecule is CCC(C)c1ccc(OC(=O)c2ccc(F)cc2)c(Br)c1. The quantitative estimate of drug-likeness (QED) is 0.550. The lowest BCUT2D eigenvalue weighted by molar-refractivity contribution is 0.0733. The summed E-state index contributed by atoms with van der Waals surface area (Å²) < 4.78 is 18.9. The van der Waals surface area contributed by atoms with E-state index < -0.39 is 5.97 Å². The first kappa shape index (κ1) is 15.7. The third-order valence-corrected chi connectivity index (χ3v) is 4.04. The molecule has 1 unspecified atom stereocenters. The highest BCUT2D eigenvalue weighted by Crippen LogP contribution is 2.30. The van der Waals surface area contributed by atoms with Gasteiger partial charge in [-0.2, -0.15) is 0 Å². The summed E-state index contributed by atoms with van der Waals surface area (Å²) in [7, 11) is 0. The molecule has 0 aliphatic heterocycles. The highest BCUT2D eigenvalue weighted by Gasteiger charge is 2.12. The largest absolute Gasteiger partial charge is 0.422 e. The summed E-state index contributed by atoms with van der Waals surface area (Å²) in [6.45, 7) is 4.27. The number of halogens is 2. The summed E-state index contributed by atoms with van der Waals surface area (Å²) >= 11 is 3.42. The minimum absolute atomic E-state index is 0.314. The second kappa shape index (κ2) is 6.85. The van der Waals surface area contributed by atoms with Gasteiger partial charge in [-0.3, -0.25) is 0 Å². The van der Waals surface area contributed by atoms with Gasteiger partial charge in [-0.05, 0) is 70.2 Å². The van der Waals surface area contributed by atoms with Gasteiger partial charge in [-0.25, -0.2) is 9.18 Å². The second-order valence-corrected chi connectivity index (χ2v) is 5.75. The van der Waals surface area contributed by atoms with Crippen molar-refractivity contribution in [2.24, 2.45) is 0 Å². The average molecular weight is 351 g/mol. The predicted molar refractivity (Wildman–Crippen MR) is 84.2 cm³/mol. The van der Waals surface area contributed by atoms with Crippen molar-refractivity contribution in [3.05, 3.63) is 63.9 Å². The lowest BCUT2D eigenvalue weighted by Crippen LogP contribution is -2.09. The molecule has 0 aliphatic carbocycles. The van der Waals surface area contributed by atoms with Gasteiger partial charge in [0.25, 0.3) is 0 Å². The van der Waals surface area contributed by atoms with Gasteiger partial charge in [-0.15, -0.1) is 0 Å². The van der Waals surface area contributed by atoms with Crippen LogP contribution in [-0.2, 0) is 0 Å². The Kier molecular flexibility index (Phi) is 5.12. The Hall–Kier alpha value is -1.68. The summed E-state index contributed by atoms with van der Waals surface area (Å²) in [6.07, 6.45) is 1.04. The molecule has 0 amide bonds. The fourth-order valence-electron chi connectivity index (χ4n) is 1.89. The van der Waals surface area contributed by atoms with Gasteiger partial charge in [0, 0.05) is 0 Å². The highest BCUT2D eigenvalue weighted by atomic mass is 79.9. The first-order valence-electron chi connectivity index (χ1n) is 6.78. The van der Waals surface area contributed by atoms with E-state index in [4.69, 9.17) is 4.74 Å². The van der Waals surface area contributed by atoms with Crippen LogP contribution < -0.4 is 4.74 Å². The molecule has 0 spiro atoms. The number of rotatable bonds is 4. The third-order valence-electron chi connectivity index (χ3n) is 3.42. The smallest absolute Gasteiger partial charge is 0.343 e. The molecule has 0 radical (unpaired) electrons. The number of hydrogen-bond donors (Lipinski definition) is 0. The monoisotopic (exact) mass is 350 g/mol. The standard InChI is InChI=1S/C17H16BrFO2/c1-3-11(2)13-6-9-16(15(18)10-13)21-17(20)12-4-7-14(19)8-5-12/h4-11H,3H2,1-2H3. The van der Waals surface area contributed by atoms with Gasteiger partial charge in [0.05, 0.1) is 10.0 Å². The molecule has 1 atom stereocenters. The minimum atomic E-state index is -0.507. The average Bonchev–Trinajstić information content (AvgIpc) is 2.49. The molecular formula is C17H16BrFO2. The van der Waals surface area contributed by atoms with E-state index >= 15 is 0 Å². The lowest BCUT2D eigenvalue weighted by Gasteiger charge is -2.12. The molecule has 2 rings (SSSR count). The van der Waals surface area contributed by atoms with Crippen molar-refractivity contribution in [1.29, 1.82) is 0 Å². The maximum absolute atomic E-state index is 12.8. The second-order valence-electron chi connectivity index (χ2n) is 4.90. The Balaban J connectivity index is 2.16. The molecular weight excluding hydrogens is 335 g/mol. The molecule has 110 valence electrons. The molecule has 0 N–H and O–H groups in total. The summed E-state index contributed by atoms with van der Waals surface area (Å²) in [5.74, 6) is 0.0113. The van der Waals surface area contributed by atoms with Crippen LogP contribution in [0.15, 0.2) is 46.9 Å². The van der Waals surface area contributed by atoms with Crippen molar-refractivity contribution < 1.29 is 13.9 Å². The van der Waals surface area contributed by atoms with Crippen LogP contribution in [0.5, 0.6) is 5.75 Å². The van der Waals surface area contributed by atoms with Crippen molar-refractivity contribution in [2.45, 2.75) is 26.2 Å². The zero-order chi connectivity index (χ0) is 15.4. The Morgan fingerprint density at radius 3 is 2.48 bits per heavy atom. The number of benzene rings is 2. The summed E-state index contributed by atoms with van der Waals surface area (Å²) in [4.78, 5) is 12.0. The molecule has 0 aromatic heterocycles. The van der Waals surface area contributed by atoms with Crippen LogP contribution in [-0.4, -0.2) is 5.97 Å². The summed E-state index contributed by atoms with van der Waals surface area (Å²) in [5.41, 5.74) is 1.50. The fourth-order valence-corrected chi connectivity index (χ4v) is 2.36. The van der Waals surface area contributed by atoms with Crippen molar-refractivity contribution in [1.82, 2.24) is 0 Å². The van der Waals surface area contributed by atoms with Crippen LogP contribution >= 0.6 is 15.9 Å². The van der Waals surface area contributed by atoms with Crippen LogP contribution in [0.4, 0.5) is 4.39 Å². The van der Waals surface area contributed by atoms with Gasteiger partial charge in [0.15, 0.2) is 0 Å². The van der Waals surface area contributed by atoms with Gasteiger partial charge >= 0.3 is 5.97 Å². The lowest BCUT2D eigenvalue weighted by atomic mass is 9.99. The summed E-state index contributed by atoms with van der Waals surface area (Å²) in [6, 6.07) is 11.0. The molecule has 0 bridgehead atoms. The molecule has 2 aromatic carbocycles. The van der Waals surface area contributed by atoms with Gasteiger partial charge < -0.3 is 4.74 Å². The zero-order valence-corrected chi connectivity index (χ0v) is 13.5. The molecule has 0 aliphatic rings. The minimum Gasteiger partial charge on any atom is -0.422 e. The van der Waals surface area contributed by atoms with Crippen LogP contribution in [0.2, 0.25) is 0 Å². The fraction of sp³-hybridized carbons (Fsp3) is 0.235. The van der Waals surface area contributed by atoms with E-state index in [1.807, 2.05) is 12.1 Å². The van der Waals surface area contributed by atoms with Crippen LogP contribution in [0, 0.1) is 5.82 Å². The molecule has 0 saturated carbocycles. The van der Waals surface area contributed by atoms with E-state index in [0.29, 0.717) is 17.2 Å². The Labute approximate surface area is 132 Å². The van der Waals surface area contributed by atoms with E-state index in [1.54, 1.807) is 6.07 Å². The number of esters is 1. The summed E-state index contributed by atoms with van der Waals surface area (Å²) in [5, 5.41) is 0. The number of ether oxygens (including phenoxy) is 1. The number of hydrogen-bond acceptors (Lipinski definition) is 2. The normalized spacial score (nSPS) is 12.0. The Morgan fingerprint density at radius 2 is 1.90 bits per heavy atom. The zero-order valence-electron chi connectivity index (χ0n) is 11.9. The van der Waals surface area contributed by atoms with Gasteiger partial charge in [0.2, 0.25) is 0 Å². The van der Waals surface area contributed by atoms with E-state index in [-0.39, 0.29) is 5.82 Å². The van der Waals surface area contributed by atoms with Crippen molar-refractivity contribution in [3.63, 3.8) is 0 Å². The van der Waals surface area contributed by atoms with Gasteiger partial charge in [0.1, 0.15) is 11.6 Å². The van der Waals surface area contributed by atoms with Gasteiger partial charge in [-0.1, -0.05) is 19.9 Å². The first-order chi connectivity index (χ1) is 10.0. The van der Waals surface area contributed by atoms with Crippen LogP contribution in [0.1, 0.15) is 42.1 Å². The van der Waals surface area contributed by atoms with Crippen molar-refractivity contribution in [2.75, 3.05) is 0 Å². The molecule has 0 fully saturated rings. The molecule has 2 nitrogen and oxygen atoms in total. The predicted octanol–water partition coefficient (Wildman–Crippen LogP) is 5.32. The van der Waals surface area contributed by atoms with Crippen molar-refractivity contribution >= 4 is 21.9 Å². The van der Waals surface area contributed by atoms with E-state index in [9.17, 15) is 9.18 Å². The molecule has 2 aromatic rings. The van der Waals surface area contributed by atoms with Crippen LogP contribution in [0.25, 0.3) is 0 Å². The Bertz CT molecular complexity index is 638. The maximum atomic E-state index is 12.8. The van der Waals surface area contributed by atoms with E-state index in [1.165, 1.54) is 29.8 Å². The van der Waals surface area contributed by atoms with E-state index in [2.05, 4.69) is 29.8 Å². The highest BCUT2D eigenvalue weighted by molar-refractivity contribution is 9.10. The van der Waals surface area contributed by atoms with Crippen molar-refractivity contribution in [3.8, 4) is 5.75 Å². The molecule has 21 heavy (non-hydrogen) atoms.